The topological polar surface area (TPSA) is 52.6 Å². The molecule has 1 aliphatic heterocycles. The summed E-state index contributed by atoms with van der Waals surface area (Å²) in [5.41, 5.74) is 0. The number of hydrogen-bond donors (Lipinski definition) is 2. The second kappa shape index (κ2) is 8.29. The quantitative estimate of drug-likeness (QED) is 0.518. The molecule has 2 N–H and O–H groups in total. The summed E-state index contributed by atoms with van der Waals surface area (Å²) in [4.78, 5) is 12.8. The first-order valence-electron chi connectivity index (χ1n) is 4.43. The van der Waals surface area contributed by atoms with Crippen molar-refractivity contribution in [2.75, 3.05) is 26.2 Å². The highest BCUT2D eigenvalue weighted by atomic mass is 35.5. The maximum Gasteiger partial charge on any atom is 0.320 e. The van der Waals surface area contributed by atoms with Gasteiger partial charge in [0.05, 0.1) is 0 Å². The van der Waals surface area contributed by atoms with Gasteiger partial charge in [-0.15, -0.1) is 0 Å². The second-order valence-electron chi connectivity index (χ2n) is 3.05. The van der Waals surface area contributed by atoms with Crippen LogP contribution in [0.1, 0.15) is 13.3 Å². The van der Waals surface area contributed by atoms with Crippen molar-refractivity contribution >= 4 is 5.97 Å². The molecule has 4 nitrogen and oxygen atoms in total. The summed E-state index contributed by atoms with van der Waals surface area (Å²) in [6.07, 6.45) is 0.690. The molecule has 0 aromatic heterocycles. The molecule has 1 heterocycles. The van der Waals surface area contributed by atoms with Crippen LogP contribution in [0, 0.1) is 0 Å². The van der Waals surface area contributed by atoms with Crippen molar-refractivity contribution in [3.8, 4) is 0 Å². The summed E-state index contributed by atoms with van der Waals surface area (Å²) in [5.74, 6) is -0.695. The van der Waals surface area contributed by atoms with Gasteiger partial charge in [0.1, 0.15) is 6.04 Å². The fourth-order valence-electron chi connectivity index (χ4n) is 1.58. The van der Waals surface area contributed by atoms with Crippen LogP contribution in [0.4, 0.5) is 0 Å². The van der Waals surface area contributed by atoms with E-state index in [9.17, 15) is 4.79 Å². The van der Waals surface area contributed by atoms with E-state index in [1.165, 1.54) is 0 Å². The Labute approximate surface area is 96.9 Å². The standard InChI is InChI=1S/C8H16N2O2.2ClH/c1-2-7(8(11)12)10-5-3-9-4-6-10;;/h7,9H,2-6H2,1H3,(H,11,12);2*1H/p-2. The lowest BCUT2D eigenvalue weighted by molar-refractivity contribution is -0.143. The first-order chi connectivity index (χ1) is 5.75. The first kappa shape index (κ1) is 16.4. The van der Waals surface area contributed by atoms with Crippen molar-refractivity contribution in [1.29, 1.82) is 0 Å². The average Bonchev–Trinajstić information content (AvgIpc) is 2.07. The molecule has 1 fully saturated rings. The Morgan fingerprint density at radius 1 is 1.43 bits per heavy atom. The molecule has 1 aliphatic rings. The van der Waals surface area contributed by atoms with Gasteiger partial charge in [0.25, 0.3) is 0 Å². The van der Waals surface area contributed by atoms with Crippen LogP contribution in [0.5, 0.6) is 0 Å². The van der Waals surface area contributed by atoms with Crippen molar-refractivity contribution in [3.05, 3.63) is 0 Å². The largest absolute Gasteiger partial charge is 1.00 e. The Morgan fingerprint density at radius 2 is 1.93 bits per heavy atom. The van der Waals surface area contributed by atoms with E-state index in [4.69, 9.17) is 5.11 Å². The molecule has 0 aliphatic carbocycles. The van der Waals surface area contributed by atoms with Gasteiger partial charge in [-0.25, -0.2) is 0 Å². The van der Waals surface area contributed by atoms with Crippen molar-refractivity contribution in [3.63, 3.8) is 0 Å². The number of nitrogens with one attached hydrogen (secondary N) is 1. The fourth-order valence-corrected chi connectivity index (χ4v) is 1.58. The zero-order valence-corrected chi connectivity index (χ0v) is 9.68. The molecule has 1 unspecified atom stereocenters. The molecular formula is C8H16Cl2N2O2-2. The summed E-state index contributed by atoms with van der Waals surface area (Å²) in [7, 11) is 0. The molecule has 0 amide bonds. The molecular weight excluding hydrogens is 227 g/mol. The fraction of sp³-hybridized carbons (Fsp3) is 0.875. The molecule has 0 bridgehead atoms. The van der Waals surface area contributed by atoms with E-state index in [2.05, 4.69) is 5.32 Å². The third kappa shape index (κ3) is 4.46. The maximum atomic E-state index is 10.8. The SMILES string of the molecule is CCC(C(=O)O)N1CCNCC1.[Cl-].[Cl-]. The molecule has 1 rings (SSSR count). The van der Waals surface area contributed by atoms with Crippen molar-refractivity contribution in [1.82, 2.24) is 10.2 Å². The van der Waals surface area contributed by atoms with Crippen LogP contribution >= 0.6 is 0 Å². The molecule has 1 saturated heterocycles. The van der Waals surface area contributed by atoms with Crippen LogP contribution in [0.15, 0.2) is 0 Å². The molecule has 0 saturated carbocycles. The lowest BCUT2D eigenvalue weighted by Gasteiger charge is -2.31. The van der Waals surface area contributed by atoms with Crippen LogP contribution in [0.2, 0.25) is 0 Å². The van der Waals surface area contributed by atoms with Gasteiger partial charge in [0.2, 0.25) is 0 Å². The van der Waals surface area contributed by atoms with E-state index < -0.39 is 5.97 Å². The lowest BCUT2D eigenvalue weighted by Crippen LogP contribution is -3.00. The molecule has 0 spiro atoms. The molecule has 0 radical (unpaired) electrons. The summed E-state index contributed by atoms with van der Waals surface area (Å²) in [6, 6.07) is -0.285. The first-order valence-corrected chi connectivity index (χ1v) is 4.43. The van der Waals surface area contributed by atoms with Crippen LogP contribution in [0.25, 0.3) is 0 Å². The van der Waals surface area contributed by atoms with E-state index in [0.29, 0.717) is 6.42 Å². The van der Waals surface area contributed by atoms with Gasteiger partial charge in [-0.1, -0.05) is 6.92 Å². The number of hydrogen-bond acceptors (Lipinski definition) is 3. The van der Waals surface area contributed by atoms with E-state index in [-0.39, 0.29) is 30.9 Å². The predicted molar refractivity (Wildman–Crippen MR) is 46.2 cm³/mol. The van der Waals surface area contributed by atoms with Gasteiger partial charge < -0.3 is 35.2 Å². The van der Waals surface area contributed by atoms with E-state index >= 15 is 0 Å². The number of carboxylic acid groups (broad SMARTS) is 1. The number of halogens is 2. The highest BCUT2D eigenvalue weighted by Crippen LogP contribution is 2.05. The maximum absolute atomic E-state index is 10.8. The monoisotopic (exact) mass is 242 g/mol. The molecule has 86 valence electrons. The van der Waals surface area contributed by atoms with E-state index in [1.54, 1.807) is 0 Å². The Morgan fingerprint density at radius 3 is 2.29 bits per heavy atom. The van der Waals surface area contributed by atoms with Crippen molar-refractivity contribution < 1.29 is 34.7 Å². The van der Waals surface area contributed by atoms with Crippen LogP contribution in [-0.4, -0.2) is 48.2 Å². The molecule has 1 atom stereocenters. The van der Waals surface area contributed by atoms with Gasteiger partial charge in [-0.05, 0) is 6.42 Å². The summed E-state index contributed by atoms with van der Waals surface area (Å²) in [6.45, 7) is 5.43. The highest BCUT2D eigenvalue weighted by molar-refractivity contribution is 5.73. The van der Waals surface area contributed by atoms with E-state index in [0.717, 1.165) is 26.2 Å². The number of piperazine rings is 1. The normalized spacial score (nSPS) is 18.9. The third-order valence-electron chi connectivity index (χ3n) is 2.26. The zero-order valence-electron chi connectivity index (χ0n) is 8.17. The second-order valence-corrected chi connectivity index (χ2v) is 3.05. The Bertz CT molecular complexity index is 163. The average molecular weight is 243 g/mol. The molecule has 0 aromatic rings. The van der Waals surface area contributed by atoms with Gasteiger partial charge in [0, 0.05) is 26.2 Å². The summed E-state index contributed by atoms with van der Waals surface area (Å²) >= 11 is 0. The summed E-state index contributed by atoms with van der Waals surface area (Å²) in [5, 5.41) is 12.1. The Balaban J connectivity index is 0. The van der Waals surface area contributed by atoms with Crippen LogP contribution < -0.4 is 30.1 Å². The lowest BCUT2D eigenvalue weighted by atomic mass is 10.2. The molecule has 14 heavy (non-hydrogen) atoms. The van der Waals surface area contributed by atoms with E-state index in [1.807, 2.05) is 11.8 Å². The zero-order chi connectivity index (χ0) is 8.97. The van der Waals surface area contributed by atoms with Crippen molar-refractivity contribution in [2.45, 2.75) is 19.4 Å². The summed E-state index contributed by atoms with van der Waals surface area (Å²) < 4.78 is 0. The third-order valence-corrected chi connectivity index (χ3v) is 2.26. The highest BCUT2D eigenvalue weighted by Gasteiger charge is 2.24. The predicted octanol–water partition coefficient (Wildman–Crippen LogP) is -6.24. The van der Waals surface area contributed by atoms with Gasteiger partial charge in [-0.2, -0.15) is 0 Å². The minimum atomic E-state index is -0.695. The Kier molecular flexibility index (Phi) is 9.72. The van der Waals surface area contributed by atoms with Crippen LogP contribution in [-0.2, 0) is 4.79 Å². The number of aliphatic carboxylic acids is 1. The van der Waals surface area contributed by atoms with Gasteiger partial charge in [-0.3, -0.25) is 9.69 Å². The Hall–Kier alpha value is -0.0300. The minimum absolute atomic E-state index is 0. The number of carbonyl (C=O) groups is 1. The molecule has 6 heteroatoms. The number of nitrogens with zero attached hydrogens (tertiary/aromatic N) is 1. The number of carboxylic acids is 1. The van der Waals surface area contributed by atoms with Gasteiger partial charge >= 0.3 is 5.97 Å². The van der Waals surface area contributed by atoms with Crippen molar-refractivity contribution in [2.24, 2.45) is 0 Å². The minimum Gasteiger partial charge on any atom is -1.00 e. The van der Waals surface area contributed by atoms with Gasteiger partial charge in [0.15, 0.2) is 0 Å². The smallest absolute Gasteiger partial charge is 0.320 e. The number of rotatable bonds is 3. The molecule has 0 aromatic carbocycles. The van der Waals surface area contributed by atoms with Crippen LogP contribution in [0.3, 0.4) is 0 Å².